The molecule has 0 aromatic heterocycles. The minimum Gasteiger partial charge on any atom is -0.481 e. The Morgan fingerprint density at radius 1 is 1.12 bits per heavy atom. The Morgan fingerprint density at radius 2 is 1.81 bits per heavy atom. The zero-order chi connectivity index (χ0) is 18.6. The highest BCUT2D eigenvalue weighted by atomic mass is 16.6. The second kappa shape index (κ2) is 7.77. The number of aliphatic carboxylic acids is 1. The molecule has 5 heteroatoms. The van der Waals surface area contributed by atoms with E-state index in [1.807, 2.05) is 49.4 Å². The summed E-state index contributed by atoms with van der Waals surface area (Å²) < 4.78 is 5.25. The van der Waals surface area contributed by atoms with Crippen LogP contribution in [0.3, 0.4) is 0 Å². The third-order valence-corrected chi connectivity index (χ3v) is 5.31. The maximum Gasteiger partial charge on any atom is 0.409 e. The fraction of sp³-hybridized carbons (Fsp3) is 0.429. The van der Waals surface area contributed by atoms with Crippen LogP contribution in [0.25, 0.3) is 10.8 Å². The van der Waals surface area contributed by atoms with Crippen molar-refractivity contribution in [2.75, 3.05) is 19.7 Å². The number of likely N-dealkylation sites (tertiary alicyclic amines) is 1. The Kier molecular flexibility index (Phi) is 5.45. The number of rotatable bonds is 5. The van der Waals surface area contributed by atoms with Gasteiger partial charge in [0.15, 0.2) is 0 Å². The molecular weight excluding hydrogens is 330 g/mol. The van der Waals surface area contributed by atoms with Crippen LogP contribution in [0, 0.1) is 0 Å². The average Bonchev–Trinajstić information content (AvgIpc) is 2.67. The molecule has 1 aliphatic heterocycles. The van der Waals surface area contributed by atoms with Crippen LogP contribution in [-0.2, 0) is 14.9 Å². The highest BCUT2D eigenvalue weighted by Gasteiger charge is 2.44. The summed E-state index contributed by atoms with van der Waals surface area (Å²) in [5.41, 5.74) is -0.146. The second-order valence-electron chi connectivity index (χ2n) is 6.90. The van der Waals surface area contributed by atoms with E-state index in [-0.39, 0.29) is 6.09 Å². The van der Waals surface area contributed by atoms with Crippen molar-refractivity contribution in [2.45, 2.75) is 38.0 Å². The summed E-state index contributed by atoms with van der Waals surface area (Å²) in [7, 11) is 0. The molecule has 0 saturated carbocycles. The van der Waals surface area contributed by atoms with Crippen molar-refractivity contribution in [1.29, 1.82) is 0 Å². The highest BCUT2D eigenvalue weighted by molar-refractivity contribution is 5.87. The molecule has 1 aliphatic rings. The quantitative estimate of drug-likeness (QED) is 0.817. The van der Waals surface area contributed by atoms with Crippen LogP contribution in [0.2, 0.25) is 0 Å². The van der Waals surface area contributed by atoms with Crippen LogP contribution < -0.4 is 0 Å². The molecule has 5 nitrogen and oxygen atoms in total. The number of fused-ring (bicyclic) bond motifs is 1. The smallest absolute Gasteiger partial charge is 0.409 e. The van der Waals surface area contributed by atoms with E-state index in [0.29, 0.717) is 32.5 Å². The molecule has 1 N–H and O–H groups in total. The summed E-state index contributed by atoms with van der Waals surface area (Å²) in [6.45, 7) is 3.24. The monoisotopic (exact) mass is 355 g/mol. The first-order chi connectivity index (χ1) is 12.6. The SMILES string of the molecule is CCCCOC(=O)N1CCC(C(=O)O)(c2ccc3ccccc3c2)CC1. The average molecular weight is 355 g/mol. The number of carbonyl (C=O) groups is 2. The van der Waals surface area contributed by atoms with E-state index >= 15 is 0 Å². The van der Waals surface area contributed by atoms with Crippen molar-refractivity contribution in [1.82, 2.24) is 4.90 Å². The van der Waals surface area contributed by atoms with Crippen LogP contribution in [0.15, 0.2) is 42.5 Å². The molecule has 0 radical (unpaired) electrons. The first kappa shape index (κ1) is 18.2. The first-order valence-electron chi connectivity index (χ1n) is 9.21. The zero-order valence-electron chi connectivity index (χ0n) is 15.1. The van der Waals surface area contributed by atoms with E-state index in [2.05, 4.69) is 0 Å². The summed E-state index contributed by atoms with van der Waals surface area (Å²) in [4.78, 5) is 25.9. The lowest BCUT2D eigenvalue weighted by Gasteiger charge is -2.38. The topological polar surface area (TPSA) is 66.8 Å². The Labute approximate surface area is 153 Å². The second-order valence-corrected chi connectivity index (χ2v) is 6.90. The third kappa shape index (κ3) is 3.52. The number of benzene rings is 2. The van der Waals surface area contributed by atoms with Gasteiger partial charge in [0.25, 0.3) is 0 Å². The largest absolute Gasteiger partial charge is 0.481 e. The standard InChI is InChI=1S/C21H25NO4/c1-2-3-14-26-20(25)22-12-10-21(11-13-22,19(23)24)18-9-8-16-6-4-5-7-17(16)15-18/h4-9,15H,2-3,10-14H2,1H3,(H,23,24). The number of carboxylic acids is 1. The van der Waals surface area contributed by atoms with Gasteiger partial charge in [-0.3, -0.25) is 4.79 Å². The van der Waals surface area contributed by atoms with Gasteiger partial charge in [-0.05, 0) is 35.6 Å². The van der Waals surface area contributed by atoms with E-state index in [4.69, 9.17) is 4.74 Å². The zero-order valence-corrected chi connectivity index (χ0v) is 15.1. The molecular formula is C21H25NO4. The number of piperidine rings is 1. The van der Waals surface area contributed by atoms with Crippen LogP contribution >= 0.6 is 0 Å². The molecule has 0 bridgehead atoms. The Bertz CT molecular complexity index is 793. The molecule has 2 aromatic carbocycles. The van der Waals surface area contributed by atoms with Gasteiger partial charge in [0, 0.05) is 13.1 Å². The van der Waals surface area contributed by atoms with E-state index in [1.165, 1.54) is 0 Å². The number of ether oxygens (including phenoxy) is 1. The van der Waals surface area contributed by atoms with Crippen molar-refractivity contribution in [3.63, 3.8) is 0 Å². The maximum atomic E-state index is 12.2. The van der Waals surface area contributed by atoms with Crippen molar-refractivity contribution < 1.29 is 19.4 Å². The van der Waals surface area contributed by atoms with E-state index in [9.17, 15) is 14.7 Å². The maximum absolute atomic E-state index is 12.2. The number of hydrogen-bond acceptors (Lipinski definition) is 3. The Balaban J connectivity index is 1.77. The van der Waals surface area contributed by atoms with Gasteiger partial charge in [0.05, 0.1) is 12.0 Å². The molecule has 0 atom stereocenters. The predicted octanol–water partition coefficient (Wildman–Crippen LogP) is 4.19. The van der Waals surface area contributed by atoms with E-state index < -0.39 is 11.4 Å². The lowest BCUT2D eigenvalue weighted by atomic mass is 9.72. The minimum atomic E-state index is -0.954. The van der Waals surface area contributed by atoms with Gasteiger partial charge < -0.3 is 14.7 Å². The van der Waals surface area contributed by atoms with Gasteiger partial charge in [-0.2, -0.15) is 0 Å². The number of amides is 1. The number of carbonyl (C=O) groups excluding carboxylic acids is 1. The molecule has 3 rings (SSSR count). The fourth-order valence-electron chi connectivity index (χ4n) is 3.58. The molecule has 1 fully saturated rings. The number of hydrogen-bond donors (Lipinski definition) is 1. The summed E-state index contributed by atoms with van der Waals surface area (Å²) in [5.74, 6) is -0.827. The lowest BCUT2D eigenvalue weighted by molar-refractivity contribution is -0.145. The van der Waals surface area contributed by atoms with Crippen LogP contribution in [0.5, 0.6) is 0 Å². The van der Waals surface area contributed by atoms with Gasteiger partial charge in [-0.15, -0.1) is 0 Å². The third-order valence-electron chi connectivity index (χ3n) is 5.31. The molecule has 0 spiro atoms. The number of carboxylic acid groups (broad SMARTS) is 1. The van der Waals surface area contributed by atoms with Gasteiger partial charge in [0.2, 0.25) is 0 Å². The summed E-state index contributed by atoms with van der Waals surface area (Å²) in [6.07, 6.45) is 2.26. The van der Waals surface area contributed by atoms with Gasteiger partial charge in [-0.1, -0.05) is 55.8 Å². The van der Waals surface area contributed by atoms with Crippen molar-refractivity contribution in [3.05, 3.63) is 48.0 Å². The molecule has 0 unspecified atom stereocenters. The van der Waals surface area contributed by atoms with E-state index in [1.54, 1.807) is 4.90 Å². The van der Waals surface area contributed by atoms with Crippen molar-refractivity contribution in [3.8, 4) is 0 Å². The molecule has 0 aliphatic carbocycles. The van der Waals surface area contributed by atoms with Crippen molar-refractivity contribution >= 4 is 22.8 Å². The van der Waals surface area contributed by atoms with Gasteiger partial charge in [0.1, 0.15) is 0 Å². The molecule has 26 heavy (non-hydrogen) atoms. The lowest BCUT2D eigenvalue weighted by Crippen LogP contribution is -2.49. The number of unbranched alkanes of at least 4 members (excludes halogenated alkanes) is 1. The molecule has 2 aromatic rings. The fourth-order valence-corrected chi connectivity index (χ4v) is 3.58. The van der Waals surface area contributed by atoms with Gasteiger partial charge >= 0.3 is 12.1 Å². The van der Waals surface area contributed by atoms with Crippen LogP contribution in [0.1, 0.15) is 38.2 Å². The Morgan fingerprint density at radius 3 is 2.46 bits per heavy atom. The Hall–Kier alpha value is -2.56. The molecule has 1 saturated heterocycles. The van der Waals surface area contributed by atoms with Crippen molar-refractivity contribution in [2.24, 2.45) is 0 Å². The van der Waals surface area contributed by atoms with Gasteiger partial charge in [-0.25, -0.2) is 4.79 Å². The number of nitrogens with zero attached hydrogens (tertiary/aromatic N) is 1. The first-order valence-corrected chi connectivity index (χ1v) is 9.21. The van der Waals surface area contributed by atoms with Crippen LogP contribution in [0.4, 0.5) is 4.79 Å². The summed E-state index contributed by atoms with van der Waals surface area (Å²) >= 11 is 0. The summed E-state index contributed by atoms with van der Waals surface area (Å²) in [5, 5.41) is 12.1. The minimum absolute atomic E-state index is 0.337. The highest BCUT2D eigenvalue weighted by Crippen LogP contribution is 2.37. The van der Waals surface area contributed by atoms with Crippen LogP contribution in [-0.4, -0.2) is 41.8 Å². The summed E-state index contributed by atoms with van der Waals surface area (Å²) in [6, 6.07) is 13.8. The predicted molar refractivity (Wildman–Crippen MR) is 100 cm³/mol. The molecule has 1 amide bonds. The molecule has 138 valence electrons. The van der Waals surface area contributed by atoms with E-state index in [0.717, 1.165) is 29.2 Å². The normalized spacial score (nSPS) is 16.4. The molecule has 1 heterocycles.